The second-order valence-electron chi connectivity index (χ2n) is 6.85. The molecule has 2 aromatic carbocycles. The molecule has 4 rings (SSSR count). The lowest BCUT2D eigenvalue weighted by Crippen LogP contribution is -2.34. The highest BCUT2D eigenvalue weighted by atomic mass is 16.5. The van der Waals surface area contributed by atoms with Crippen LogP contribution in [0.25, 0.3) is 11.4 Å². The van der Waals surface area contributed by atoms with Crippen LogP contribution in [-0.2, 0) is 0 Å². The van der Waals surface area contributed by atoms with Crippen molar-refractivity contribution in [2.24, 2.45) is 0 Å². The molecule has 1 unspecified atom stereocenters. The molecule has 6 heteroatoms. The molecule has 1 aliphatic rings. The monoisotopic (exact) mass is 362 g/mol. The largest absolute Gasteiger partial charge is 0.337 e. The van der Waals surface area contributed by atoms with E-state index in [0.29, 0.717) is 18.3 Å². The van der Waals surface area contributed by atoms with Crippen LogP contribution < -0.4 is 5.32 Å². The van der Waals surface area contributed by atoms with Gasteiger partial charge in [-0.25, -0.2) is 4.79 Å². The number of nitrogens with one attached hydrogen (secondary N) is 1. The van der Waals surface area contributed by atoms with E-state index >= 15 is 0 Å². The molecule has 27 heavy (non-hydrogen) atoms. The normalized spacial score (nSPS) is 16.5. The Balaban J connectivity index is 1.53. The van der Waals surface area contributed by atoms with E-state index in [1.165, 1.54) is 0 Å². The van der Waals surface area contributed by atoms with Crippen LogP contribution in [0.1, 0.15) is 35.9 Å². The minimum atomic E-state index is -0.194. The number of anilines is 1. The van der Waals surface area contributed by atoms with E-state index in [1.807, 2.05) is 62.4 Å². The first-order chi connectivity index (χ1) is 13.1. The molecule has 0 spiro atoms. The lowest BCUT2D eigenvalue weighted by atomic mass is 10.1. The van der Waals surface area contributed by atoms with Gasteiger partial charge in [0.1, 0.15) is 6.04 Å². The molecule has 1 atom stereocenters. The standard InChI is InChI=1S/C21H22N4O2/c1-14-8-6-11-17(15(14)2)22-21(26)25-13-7-12-18(25)20-23-19(24-27-20)16-9-4-3-5-10-16/h3-6,8-11,18H,7,12-13H2,1-2H3,(H,22,26). The molecule has 0 radical (unpaired) electrons. The van der Waals surface area contributed by atoms with Crippen molar-refractivity contribution in [2.75, 3.05) is 11.9 Å². The third kappa shape index (κ3) is 3.43. The van der Waals surface area contributed by atoms with Crippen LogP contribution >= 0.6 is 0 Å². The van der Waals surface area contributed by atoms with Crippen molar-refractivity contribution in [1.29, 1.82) is 0 Å². The highest BCUT2D eigenvalue weighted by molar-refractivity contribution is 5.90. The molecule has 1 fully saturated rings. The van der Waals surface area contributed by atoms with Gasteiger partial charge in [-0.05, 0) is 43.9 Å². The number of aromatic nitrogens is 2. The average Bonchev–Trinajstić information content (AvgIpc) is 3.35. The van der Waals surface area contributed by atoms with E-state index < -0.39 is 0 Å². The molecular formula is C21H22N4O2. The fourth-order valence-electron chi connectivity index (χ4n) is 3.42. The van der Waals surface area contributed by atoms with Crippen molar-refractivity contribution in [3.63, 3.8) is 0 Å². The molecule has 6 nitrogen and oxygen atoms in total. The third-order valence-corrected chi connectivity index (χ3v) is 5.12. The van der Waals surface area contributed by atoms with Gasteiger partial charge in [0.15, 0.2) is 0 Å². The van der Waals surface area contributed by atoms with Crippen molar-refractivity contribution >= 4 is 11.7 Å². The summed E-state index contributed by atoms with van der Waals surface area (Å²) in [7, 11) is 0. The van der Waals surface area contributed by atoms with Gasteiger partial charge in [0.05, 0.1) is 0 Å². The van der Waals surface area contributed by atoms with Gasteiger partial charge in [-0.2, -0.15) is 4.98 Å². The summed E-state index contributed by atoms with van der Waals surface area (Å²) in [6.07, 6.45) is 1.73. The van der Waals surface area contributed by atoms with E-state index in [9.17, 15) is 4.79 Å². The third-order valence-electron chi connectivity index (χ3n) is 5.12. The van der Waals surface area contributed by atoms with Crippen molar-refractivity contribution in [2.45, 2.75) is 32.7 Å². The maximum Gasteiger partial charge on any atom is 0.322 e. The number of amides is 2. The molecule has 0 saturated carbocycles. The summed E-state index contributed by atoms with van der Waals surface area (Å²) in [4.78, 5) is 19.2. The molecule has 0 bridgehead atoms. The van der Waals surface area contributed by atoms with Crippen LogP contribution in [0, 0.1) is 13.8 Å². The van der Waals surface area contributed by atoms with Crippen LogP contribution in [0.5, 0.6) is 0 Å². The van der Waals surface area contributed by atoms with Crippen LogP contribution in [0.15, 0.2) is 53.1 Å². The van der Waals surface area contributed by atoms with E-state index in [0.717, 1.165) is 35.2 Å². The lowest BCUT2D eigenvalue weighted by Gasteiger charge is -2.23. The van der Waals surface area contributed by atoms with E-state index in [2.05, 4.69) is 15.5 Å². The molecule has 1 aromatic heterocycles. The van der Waals surface area contributed by atoms with Crippen LogP contribution in [-0.4, -0.2) is 27.6 Å². The lowest BCUT2D eigenvalue weighted by molar-refractivity contribution is 0.193. The fourth-order valence-corrected chi connectivity index (χ4v) is 3.42. The highest BCUT2D eigenvalue weighted by Gasteiger charge is 2.34. The van der Waals surface area contributed by atoms with Gasteiger partial charge < -0.3 is 14.7 Å². The van der Waals surface area contributed by atoms with Crippen molar-refractivity contribution < 1.29 is 9.32 Å². The van der Waals surface area contributed by atoms with Gasteiger partial charge in [0.2, 0.25) is 11.7 Å². The number of benzene rings is 2. The molecule has 138 valence electrons. The quantitative estimate of drug-likeness (QED) is 0.732. The summed E-state index contributed by atoms with van der Waals surface area (Å²) in [6, 6.07) is 15.3. The summed E-state index contributed by atoms with van der Waals surface area (Å²) in [5.74, 6) is 1.04. The smallest absolute Gasteiger partial charge is 0.322 e. The molecule has 1 aliphatic heterocycles. The van der Waals surface area contributed by atoms with Gasteiger partial charge >= 0.3 is 6.03 Å². The zero-order valence-electron chi connectivity index (χ0n) is 15.5. The first-order valence-corrected chi connectivity index (χ1v) is 9.16. The van der Waals surface area contributed by atoms with Gasteiger partial charge in [-0.3, -0.25) is 0 Å². The SMILES string of the molecule is Cc1cccc(NC(=O)N2CCCC2c2nc(-c3ccccc3)no2)c1C. The number of rotatable bonds is 3. The second kappa shape index (κ2) is 7.23. The number of hydrogen-bond donors (Lipinski definition) is 1. The maximum absolute atomic E-state index is 12.9. The Morgan fingerprint density at radius 2 is 1.96 bits per heavy atom. The molecule has 1 saturated heterocycles. The molecule has 3 aromatic rings. The van der Waals surface area contributed by atoms with Gasteiger partial charge in [0.25, 0.3) is 0 Å². The average molecular weight is 362 g/mol. The number of aryl methyl sites for hydroxylation is 1. The van der Waals surface area contributed by atoms with E-state index in [-0.39, 0.29) is 12.1 Å². The van der Waals surface area contributed by atoms with Crippen molar-refractivity contribution in [1.82, 2.24) is 15.0 Å². The molecule has 1 N–H and O–H groups in total. The number of urea groups is 1. The van der Waals surface area contributed by atoms with Crippen molar-refractivity contribution in [3.8, 4) is 11.4 Å². The fraction of sp³-hybridized carbons (Fsp3) is 0.286. The molecule has 0 aliphatic carbocycles. The Morgan fingerprint density at radius 1 is 1.15 bits per heavy atom. The summed E-state index contributed by atoms with van der Waals surface area (Å²) in [5.41, 5.74) is 3.96. The summed E-state index contributed by atoms with van der Waals surface area (Å²) < 4.78 is 5.49. The molecular weight excluding hydrogens is 340 g/mol. The second-order valence-corrected chi connectivity index (χ2v) is 6.85. The van der Waals surface area contributed by atoms with Crippen molar-refractivity contribution in [3.05, 3.63) is 65.5 Å². The first kappa shape index (κ1) is 17.3. The Kier molecular flexibility index (Phi) is 4.62. The Hall–Kier alpha value is -3.15. The number of likely N-dealkylation sites (tertiary alicyclic amines) is 1. The zero-order valence-corrected chi connectivity index (χ0v) is 15.5. The van der Waals surface area contributed by atoms with E-state index in [1.54, 1.807) is 4.90 Å². The molecule has 2 heterocycles. The minimum absolute atomic E-state index is 0.134. The number of carbonyl (C=O) groups excluding carboxylic acids is 1. The Labute approximate surface area is 158 Å². The predicted octanol–water partition coefficient (Wildman–Crippen LogP) is 4.72. The van der Waals surface area contributed by atoms with Gasteiger partial charge in [-0.1, -0.05) is 47.6 Å². The van der Waals surface area contributed by atoms with E-state index in [4.69, 9.17) is 4.52 Å². The Bertz CT molecular complexity index is 952. The summed E-state index contributed by atoms with van der Waals surface area (Å²) in [5, 5.41) is 7.12. The summed E-state index contributed by atoms with van der Waals surface area (Å²) >= 11 is 0. The van der Waals surface area contributed by atoms with Gasteiger partial charge in [0, 0.05) is 17.8 Å². The zero-order chi connectivity index (χ0) is 18.8. The molecule has 2 amide bonds. The topological polar surface area (TPSA) is 71.3 Å². The van der Waals surface area contributed by atoms with Gasteiger partial charge in [-0.15, -0.1) is 0 Å². The first-order valence-electron chi connectivity index (χ1n) is 9.16. The number of hydrogen-bond acceptors (Lipinski definition) is 4. The Morgan fingerprint density at radius 3 is 2.78 bits per heavy atom. The number of carbonyl (C=O) groups is 1. The van der Waals surface area contributed by atoms with Crippen LogP contribution in [0.3, 0.4) is 0 Å². The summed E-state index contributed by atoms with van der Waals surface area (Å²) in [6.45, 7) is 4.72. The predicted molar refractivity (Wildman–Crippen MR) is 103 cm³/mol. The maximum atomic E-state index is 12.9. The minimum Gasteiger partial charge on any atom is -0.337 e. The van der Waals surface area contributed by atoms with Crippen LogP contribution in [0.4, 0.5) is 10.5 Å². The number of nitrogens with zero attached hydrogens (tertiary/aromatic N) is 3. The van der Waals surface area contributed by atoms with Crippen LogP contribution in [0.2, 0.25) is 0 Å². The highest BCUT2D eigenvalue weighted by Crippen LogP contribution is 2.32.